The summed E-state index contributed by atoms with van der Waals surface area (Å²) in [5, 5.41) is 7.18. The zero-order valence-corrected chi connectivity index (χ0v) is 18.7. The number of benzene rings is 1. The van der Waals surface area contributed by atoms with Crippen molar-refractivity contribution in [2.24, 2.45) is 0 Å². The Bertz CT molecular complexity index is 846. The third-order valence-corrected chi connectivity index (χ3v) is 6.93. The number of nitrogens with one attached hydrogen (secondary N) is 2. The van der Waals surface area contributed by atoms with Crippen LogP contribution < -0.4 is 15.0 Å². The highest BCUT2D eigenvalue weighted by atomic mass is 16.5. The molecule has 4 rings (SSSR count). The standard InChI is InChI=1S/C24H33N3O4/c1-18-22(19(2)31-26-18)16-30-21-8-6-20(7-9-21)23(28)25-17-24(10-4-3-5-11-24)27-12-14-29-15-13-27/h6-9H,3-5,10-17H2,1-2H3,(H,25,28)/p+1. The van der Waals surface area contributed by atoms with Crippen molar-refractivity contribution in [1.29, 1.82) is 0 Å². The van der Waals surface area contributed by atoms with E-state index in [9.17, 15) is 4.79 Å². The minimum Gasteiger partial charge on any atom is -0.489 e. The van der Waals surface area contributed by atoms with E-state index in [2.05, 4.69) is 10.5 Å². The summed E-state index contributed by atoms with van der Waals surface area (Å²) >= 11 is 0. The van der Waals surface area contributed by atoms with Crippen LogP contribution >= 0.6 is 0 Å². The molecule has 2 heterocycles. The van der Waals surface area contributed by atoms with Gasteiger partial charge in [0, 0.05) is 18.4 Å². The third-order valence-electron chi connectivity index (χ3n) is 6.93. The van der Waals surface area contributed by atoms with Crippen molar-refractivity contribution < 1.29 is 23.7 Å². The van der Waals surface area contributed by atoms with Gasteiger partial charge in [0.2, 0.25) is 0 Å². The van der Waals surface area contributed by atoms with Gasteiger partial charge in [-0.15, -0.1) is 0 Å². The molecule has 2 aromatic rings. The van der Waals surface area contributed by atoms with Crippen LogP contribution in [0.1, 0.15) is 59.5 Å². The van der Waals surface area contributed by atoms with Gasteiger partial charge in [-0.2, -0.15) is 0 Å². The predicted molar refractivity (Wildman–Crippen MR) is 116 cm³/mol. The van der Waals surface area contributed by atoms with Crippen LogP contribution in [0.25, 0.3) is 0 Å². The molecule has 0 atom stereocenters. The average Bonchev–Trinajstić information content (AvgIpc) is 3.14. The fraction of sp³-hybridized carbons (Fsp3) is 0.583. The van der Waals surface area contributed by atoms with Crippen LogP contribution in [-0.4, -0.2) is 49.5 Å². The number of aryl methyl sites for hydroxylation is 2. The number of rotatable bonds is 7. The lowest BCUT2D eigenvalue weighted by Crippen LogP contribution is -3.23. The van der Waals surface area contributed by atoms with Crippen molar-refractivity contribution in [1.82, 2.24) is 10.5 Å². The molecule has 7 nitrogen and oxygen atoms in total. The van der Waals surface area contributed by atoms with Crippen LogP contribution in [0.3, 0.4) is 0 Å². The predicted octanol–water partition coefficient (Wildman–Crippen LogP) is 2.22. The number of hydrogen-bond donors (Lipinski definition) is 2. The number of hydrogen-bond acceptors (Lipinski definition) is 5. The Morgan fingerprint density at radius 2 is 1.84 bits per heavy atom. The van der Waals surface area contributed by atoms with Gasteiger partial charge in [-0.3, -0.25) is 4.79 Å². The minimum absolute atomic E-state index is 0.0186. The molecular weight excluding hydrogens is 394 g/mol. The van der Waals surface area contributed by atoms with E-state index in [0.29, 0.717) is 12.2 Å². The normalized spacial score (nSPS) is 19.2. The highest BCUT2D eigenvalue weighted by Crippen LogP contribution is 2.26. The molecule has 1 saturated heterocycles. The summed E-state index contributed by atoms with van der Waals surface area (Å²) in [5.41, 5.74) is 2.61. The zero-order chi connectivity index (χ0) is 21.7. The first-order valence-electron chi connectivity index (χ1n) is 11.4. The van der Waals surface area contributed by atoms with Crippen LogP contribution in [0.2, 0.25) is 0 Å². The van der Waals surface area contributed by atoms with Crippen molar-refractivity contribution >= 4 is 5.91 Å². The molecule has 1 saturated carbocycles. The van der Waals surface area contributed by atoms with Crippen LogP contribution in [0.15, 0.2) is 28.8 Å². The van der Waals surface area contributed by atoms with E-state index in [1.54, 1.807) is 4.90 Å². The van der Waals surface area contributed by atoms with Gasteiger partial charge in [-0.1, -0.05) is 11.6 Å². The SMILES string of the molecule is Cc1noc(C)c1COc1ccc(C(=O)NCC2([NH+]3CCOCC3)CCCCC2)cc1. The summed E-state index contributed by atoms with van der Waals surface area (Å²) in [6, 6.07) is 7.34. The van der Waals surface area contributed by atoms with Crippen molar-refractivity contribution in [3.05, 3.63) is 46.8 Å². The molecule has 168 valence electrons. The summed E-state index contributed by atoms with van der Waals surface area (Å²) in [6.07, 6.45) is 6.15. The number of quaternary nitrogens is 1. The second-order valence-electron chi connectivity index (χ2n) is 8.86. The molecule has 0 unspecified atom stereocenters. The number of amides is 1. The van der Waals surface area contributed by atoms with Gasteiger partial charge in [0.1, 0.15) is 36.7 Å². The Balaban J connectivity index is 1.34. The van der Waals surface area contributed by atoms with Gasteiger partial charge >= 0.3 is 0 Å². The highest BCUT2D eigenvalue weighted by Gasteiger charge is 2.42. The molecular formula is C24H34N3O4+. The summed E-state index contributed by atoms with van der Waals surface area (Å²) in [6.45, 7) is 8.62. The van der Waals surface area contributed by atoms with Crippen LogP contribution in [0.5, 0.6) is 5.75 Å². The fourth-order valence-electron chi connectivity index (χ4n) is 4.95. The molecule has 0 spiro atoms. The second-order valence-corrected chi connectivity index (χ2v) is 8.86. The van der Waals surface area contributed by atoms with E-state index in [-0.39, 0.29) is 11.4 Å². The first-order valence-corrected chi connectivity index (χ1v) is 11.4. The Labute approximate surface area is 184 Å². The van der Waals surface area contributed by atoms with E-state index in [1.165, 1.54) is 32.1 Å². The summed E-state index contributed by atoms with van der Waals surface area (Å²) < 4.78 is 16.6. The van der Waals surface area contributed by atoms with Crippen LogP contribution in [0, 0.1) is 13.8 Å². The van der Waals surface area contributed by atoms with E-state index in [4.69, 9.17) is 14.0 Å². The van der Waals surface area contributed by atoms with Crippen molar-refractivity contribution in [3.8, 4) is 5.75 Å². The topological polar surface area (TPSA) is 78.0 Å². The zero-order valence-electron chi connectivity index (χ0n) is 18.7. The van der Waals surface area contributed by atoms with E-state index < -0.39 is 0 Å². The Morgan fingerprint density at radius 3 is 2.48 bits per heavy atom. The molecule has 2 fully saturated rings. The lowest BCUT2D eigenvalue weighted by Gasteiger charge is -2.45. The molecule has 31 heavy (non-hydrogen) atoms. The molecule has 0 radical (unpaired) electrons. The molecule has 1 amide bonds. The monoisotopic (exact) mass is 428 g/mol. The molecule has 1 aromatic heterocycles. The second kappa shape index (κ2) is 9.83. The average molecular weight is 429 g/mol. The molecule has 2 N–H and O–H groups in total. The Hall–Kier alpha value is -2.38. The van der Waals surface area contributed by atoms with Crippen molar-refractivity contribution in [2.45, 2.75) is 58.1 Å². The Kier molecular flexibility index (Phi) is 6.92. The molecule has 1 aliphatic carbocycles. The van der Waals surface area contributed by atoms with Crippen molar-refractivity contribution in [2.75, 3.05) is 32.8 Å². The maximum atomic E-state index is 12.9. The number of carbonyl (C=O) groups excluding carboxylic acids is 1. The van der Waals surface area contributed by atoms with Gasteiger partial charge in [0.15, 0.2) is 0 Å². The summed E-state index contributed by atoms with van der Waals surface area (Å²) in [5.74, 6) is 1.47. The number of ether oxygens (including phenoxy) is 2. The molecule has 2 aliphatic rings. The quantitative estimate of drug-likeness (QED) is 0.707. The van der Waals surface area contributed by atoms with E-state index >= 15 is 0 Å². The van der Waals surface area contributed by atoms with Gasteiger partial charge in [-0.05, 0) is 51.0 Å². The van der Waals surface area contributed by atoms with Gasteiger partial charge in [-0.25, -0.2) is 0 Å². The molecule has 1 aromatic carbocycles. The third kappa shape index (κ3) is 5.10. The summed E-state index contributed by atoms with van der Waals surface area (Å²) in [4.78, 5) is 14.4. The Morgan fingerprint density at radius 1 is 1.13 bits per heavy atom. The largest absolute Gasteiger partial charge is 0.489 e. The van der Waals surface area contributed by atoms with Gasteiger partial charge < -0.3 is 24.2 Å². The van der Waals surface area contributed by atoms with E-state index in [1.807, 2.05) is 38.1 Å². The number of nitrogens with zero attached hydrogens (tertiary/aromatic N) is 1. The van der Waals surface area contributed by atoms with Crippen LogP contribution in [0.4, 0.5) is 0 Å². The smallest absolute Gasteiger partial charge is 0.251 e. The number of morpholine rings is 1. The van der Waals surface area contributed by atoms with E-state index in [0.717, 1.165) is 55.6 Å². The lowest BCUT2D eigenvalue weighted by molar-refractivity contribution is -0.960. The lowest BCUT2D eigenvalue weighted by atomic mass is 9.79. The van der Waals surface area contributed by atoms with Gasteiger partial charge in [0.05, 0.1) is 31.0 Å². The maximum absolute atomic E-state index is 12.9. The summed E-state index contributed by atoms with van der Waals surface area (Å²) in [7, 11) is 0. The van der Waals surface area contributed by atoms with Crippen molar-refractivity contribution in [3.63, 3.8) is 0 Å². The number of carbonyl (C=O) groups is 1. The molecule has 0 bridgehead atoms. The molecule has 1 aliphatic heterocycles. The maximum Gasteiger partial charge on any atom is 0.251 e. The molecule has 7 heteroatoms. The van der Waals surface area contributed by atoms with Crippen LogP contribution in [-0.2, 0) is 11.3 Å². The highest BCUT2D eigenvalue weighted by molar-refractivity contribution is 5.94. The minimum atomic E-state index is -0.0186. The first kappa shape index (κ1) is 21.8. The first-order chi connectivity index (χ1) is 15.1. The fourth-order valence-corrected chi connectivity index (χ4v) is 4.95. The number of aromatic nitrogens is 1. The van der Waals surface area contributed by atoms with Gasteiger partial charge in [0.25, 0.3) is 5.91 Å².